The van der Waals surface area contributed by atoms with Gasteiger partial charge < -0.3 is 10.2 Å². The molecule has 0 fully saturated rings. The van der Waals surface area contributed by atoms with Gasteiger partial charge in [0, 0.05) is 24.9 Å². The van der Waals surface area contributed by atoms with Crippen molar-refractivity contribution < 1.29 is 9.59 Å². The fourth-order valence-electron chi connectivity index (χ4n) is 4.46. The van der Waals surface area contributed by atoms with E-state index in [0.29, 0.717) is 19.4 Å². The number of carbonyl (C=O) groups excluding carboxylic acids is 2. The van der Waals surface area contributed by atoms with Gasteiger partial charge >= 0.3 is 0 Å². The van der Waals surface area contributed by atoms with Crippen LogP contribution >= 0.6 is 0 Å². The molecule has 0 unspecified atom stereocenters. The highest BCUT2D eigenvalue weighted by molar-refractivity contribution is 5.88. The van der Waals surface area contributed by atoms with Crippen LogP contribution in [0.4, 0.5) is 0 Å². The molecule has 2 atom stereocenters. The summed E-state index contributed by atoms with van der Waals surface area (Å²) in [6, 6.07) is 28.0. The van der Waals surface area contributed by atoms with E-state index < -0.39 is 6.04 Å². The lowest BCUT2D eigenvalue weighted by Gasteiger charge is -2.33. The molecule has 4 nitrogen and oxygen atoms in total. The molecule has 3 rings (SSSR count). The highest BCUT2D eigenvalue weighted by atomic mass is 16.2. The van der Waals surface area contributed by atoms with Gasteiger partial charge in [0.15, 0.2) is 0 Å². The van der Waals surface area contributed by atoms with Gasteiger partial charge in [-0.05, 0) is 43.4 Å². The Labute approximate surface area is 210 Å². The van der Waals surface area contributed by atoms with E-state index in [-0.39, 0.29) is 23.8 Å². The van der Waals surface area contributed by atoms with Crippen molar-refractivity contribution in [2.45, 2.75) is 71.5 Å². The lowest BCUT2D eigenvalue weighted by molar-refractivity contribution is -0.141. The summed E-state index contributed by atoms with van der Waals surface area (Å²) in [6.07, 6.45) is 1.70. The molecule has 0 radical (unpaired) electrons. The second kappa shape index (κ2) is 12.9. The summed E-state index contributed by atoms with van der Waals surface area (Å²) in [7, 11) is 0. The molecule has 184 valence electrons. The van der Waals surface area contributed by atoms with E-state index in [1.165, 1.54) is 0 Å². The Morgan fingerprint density at radius 3 is 1.94 bits per heavy atom. The largest absolute Gasteiger partial charge is 0.352 e. The molecular formula is C31H38N2O2. The molecule has 0 aromatic heterocycles. The van der Waals surface area contributed by atoms with E-state index in [1.54, 1.807) is 4.90 Å². The molecule has 2 amide bonds. The van der Waals surface area contributed by atoms with Crippen LogP contribution in [0.5, 0.6) is 0 Å². The van der Waals surface area contributed by atoms with Crippen molar-refractivity contribution in [3.8, 4) is 0 Å². The first-order valence-corrected chi connectivity index (χ1v) is 12.7. The summed E-state index contributed by atoms with van der Waals surface area (Å²) in [5.41, 5.74) is 4.36. The molecule has 3 aromatic carbocycles. The zero-order valence-electron chi connectivity index (χ0n) is 21.4. The fourth-order valence-corrected chi connectivity index (χ4v) is 4.46. The van der Waals surface area contributed by atoms with Gasteiger partial charge in [-0.3, -0.25) is 9.59 Å². The number of hydrogen-bond acceptors (Lipinski definition) is 2. The molecule has 0 aliphatic heterocycles. The van der Waals surface area contributed by atoms with Crippen LogP contribution in [0.15, 0.2) is 84.9 Å². The summed E-state index contributed by atoms with van der Waals surface area (Å²) in [6.45, 7) is 8.47. The Hall–Kier alpha value is -3.40. The first kappa shape index (κ1) is 26.2. The zero-order valence-corrected chi connectivity index (χ0v) is 21.4. The molecule has 0 saturated carbocycles. The summed E-state index contributed by atoms with van der Waals surface area (Å²) >= 11 is 0. The fraction of sp³-hybridized carbons (Fsp3) is 0.355. The minimum Gasteiger partial charge on any atom is -0.352 e. The number of nitrogens with zero attached hydrogens (tertiary/aromatic N) is 1. The van der Waals surface area contributed by atoms with Crippen molar-refractivity contribution in [2.75, 3.05) is 0 Å². The lowest BCUT2D eigenvalue weighted by Crippen LogP contribution is -2.51. The van der Waals surface area contributed by atoms with E-state index in [9.17, 15) is 9.59 Å². The second-order valence-electron chi connectivity index (χ2n) is 9.33. The van der Waals surface area contributed by atoms with Gasteiger partial charge in [-0.25, -0.2) is 0 Å². The lowest BCUT2D eigenvalue weighted by atomic mass is 9.88. The molecule has 35 heavy (non-hydrogen) atoms. The molecule has 0 bridgehead atoms. The Balaban J connectivity index is 1.95. The Bertz CT molecular complexity index is 1040. The third-order valence-corrected chi connectivity index (χ3v) is 6.60. The standard InChI is InChI=1S/C31H38N2O2/c1-5-24(4)32-31(35)29(6-2)33(22-25-15-13-14-23(3)20-25)30(34)21-28(26-16-9-7-10-17-26)27-18-11-8-12-19-27/h7-20,24,28-29H,5-6,21-22H2,1-4H3,(H,32,35)/t24-,29-/m0/s1. The van der Waals surface area contributed by atoms with Crippen molar-refractivity contribution in [3.63, 3.8) is 0 Å². The Morgan fingerprint density at radius 2 is 1.43 bits per heavy atom. The van der Waals surface area contributed by atoms with E-state index >= 15 is 0 Å². The summed E-state index contributed by atoms with van der Waals surface area (Å²) in [5.74, 6) is -0.186. The molecule has 0 spiro atoms. The molecule has 0 aliphatic rings. The smallest absolute Gasteiger partial charge is 0.243 e. The van der Waals surface area contributed by atoms with E-state index in [1.807, 2.05) is 82.3 Å². The van der Waals surface area contributed by atoms with Crippen LogP contribution < -0.4 is 5.32 Å². The van der Waals surface area contributed by atoms with Crippen molar-refractivity contribution in [3.05, 3.63) is 107 Å². The predicted molar refractivity (Wildman–Crippen MR) is 143 cm³/mol. The predicted octanol–water partition coefficient (Wildman–Crippen LogP) is 6.24. The molecule has 0 heterocycles. The molecule has 1 N–H and O–H groups in total. The first-order valence-electron chi connectivity index (χ1n) is 12.7. The highest BCUT2D eigenvalue weighted by Gasteiger charge is 2.31. The minimum absolute atomic E-state index is 0.0182. The van der Waals surface area contributed by atoms with Crippen molar-refractivity contribution in [1.82, 2.24) is 10.2 Å². The minimum atomic E-state index is -0.524. The van der Waals surface area contributed by atoms with Crippen LogP contribution in [0.25, 0.3) is 0 Å². The van der Waals surface area contributed by atoms with E-state index in [2.05, 4.69) is 35.6 Å². The molecular weight excluding hydrogens is 432 g/mol. The van der Waals surface area contributed by atoms with Crippen LogP contribution in [0.2, 0.25) is 0 Å². The maximum atomic E-state index is 14.0. The van der Waals surface area contributed by atoms with Gasteiger partial charge in [-0.15, -0.1) is 0 Å². The first-order chi connectivity index (χ1) is 16.9. The van der Waals surface area contributed by atoms with E-state index in [4.69, 9.17) is 0 Å². The van der Waals surface area contributed by atoms with Gasteiger partial charge in [0.2, 0.25) is 11.8 Å². The van der Waals surface area contributed by atoms with Crippen molar-refractivity contribution >= 4 is 11.8 Å². The summed E-state index contributed by atoms with van der Waals surface area (Å²) in [4.78, 5) is 29.0. The van der Waals surface area contributed by atoms with Crippen LogP contribution in [0, 0.1) is 6.92 Å². The maximum absolute atomic E-state index is 14.0. The van der Waals surface area contributed by atoms with Crippen LogP contribution in [0.3, 0.4) is 0 Å². The number of aryl methyl sites for hydroxylation is 1. The van der Waals surface area contributed by atoms with E-state index in [0.717, 1.165) is 28.7 Å². The summed E-state index contributed by atoms with van der Waals surface area (Å²) in [5, 5.41) is 3.10. The van der Waals surface area contributed by atoms with Crippen molar-refractivity contribution in [2.24, 2.45) is 0 Å². The van der Waals surface area contributed by atoms with Gasteiger partial charge in [0.25, 0.3) is 0 Å². The van der Waals surface area contributed by atoms with Gasteiger partial charge in [-0.2, -0.15) is 0 Å². The third kappa shape index (κ3) is 7.29. The maximum Gasteiger partial charge on any atom is 0.243 e. The van der Waals surface area contributed by atoms with Gasteiger partial charge in [-0.1, -0.05) is 104 Å². The number of carbonyl (C=O) groups is 2. The average Bonchev–Trinajstić information content (AvgIpc) is 2.88. The average molecular weight is 471 g/mol. The number of amides is 2. The topological polar surface area (TPSA) is 49.4 Å². The van der Waals surface area contributed by atoms with Gasteiger partial charge in [0.05, 0.1) is 0 Å². The zero-order chi connectivity index (χ0) is 25.2. The molecule has 0 saturated heterocycles. The van der Waals surface area contributed by atoms with Crippen molar-refractivity contribution in [1.29, 1.82) is 0 Å². The molecule has 4 heteroatoms. The summed E-state index contributed by atoms with van der Waals surface area (Å²) < 4.78 is 0. The molecule has 0 aliphatic carbocycles. The number of nitrogens with one attached hydrogen (secondary N) is 1. The number of rotatable bonds is 11. The normalized spacial score (nSPS) is 12.7. The number of benzene rings is 3. The quantitative estimate of drug-likeness (QED) is 0.361. The third-order valence-electron chi connectivity index (χ3n) is 6.60. The van der Waals surface area contributed by atoms with Crippen LogP contribution in [-0.2, 0) is 16.1 Å². The Morgan fingerprint density at radius 1 is 0.829 bits per heavy atom. The monoisotopic (exact) mass is 470 g/mol. The van der Waals surface area contributed by atoms with Crippen LogP contribution in [0.1, 0.15) is 68.2 Å². The molecule has 3 aromatic rings. The number of hydrogen-bond donors (Lipinski definition) is 1. The highest BCUT2D eigenvalue weighted by Crippen LogP contribution is 2.29. The van der Waals surface area contributed by atoms with Crippen LogP contribution in [-0.4, -0.2) is 28.8 Å². The van der Waals surface area contributed by atoms with Gasteiger partial charge in [0.1, 0.15) is 6.04 Å². The second-order valence-corrected chi connectivity index (χ2v) is 9.33. The SMILES string of the molecule is CC[C@H](C)NC(=O)[C@H](CC)N(Cc1cccc(C)c1)C(=O)CC(c1ccccc1)c1ccccc1. The Kier molecular flexibility index (Phi) is 9.66.